The van der Waals surface area contributed by atoms with Gasteiger partial charge in [0.2, 0.25) is 5.91 Å². The second kappa shape index (κ2) is 7.46. The number of likely N-dealkylation sites (N-methyl/N-ethyl adjacent to an activating group) is 1. The van der Waals surface area contributed by atoms with Gasteiger partial charge in [-0.15, -0.1) is 0 Å². The van der Waals surface area contributed by atoms with Gasteiger partial charge in [0, 0.05) is 31.0 Å². The zero-order chi connectivity index (χ0) is 18.0. The summed E-state index contributed by atoms with van der Waals surface area (Å²) in [6.45, 7) is 7.09. The second-order valence-corrected chi connectivity index (χ2v) is 8.14. The lowest BCUT2D eigenvalue weighted by molar-refractivity contribution is -0.139. The Hall–Kier alpha value is -1.39. The lowest BCUT2D eigenvalue weighted by Gasteiger charge is -2.53. The molecule has 4 heteroatoms. The van der Waals surface area contributed by atoms with Crippen LogP contribution < -0.4 is 0 Å². The van der Waals surface area contributed by atoms with Gasteiger partial charge in [0.25, 0.3) is 0 Å². The van der Waals surface area contributed by atoms with Crippen LogP contribution in [0.3, 0.4) is 0 Å². The average molecular weight is 344 g/mol. The van der Waals surface area contributed by atoms with Crippen molar-refractivity contribution < 1.29 is 9.90 Å². The number of aliphatic hydroxyl groups excluding tert-OH is 1. The molecule has 0 aromatic heterocycles. The van der Waals surface area contributed by atoms with E-state index in [1.807, 2.05) is 4.90 Å². The highest BCUT2D eigenvalue weighted by atomic mass is 16.3. The van der Waals surface area contributed by atoms with Crippen LogP contribution in [0.4, 0.5) is 0 Å². The number of hydrogen-bond donors (Lipinski definition) is 1. The molecule has 2 heterocycles. The van der Waals surface area contributed by atoms with Crippen molar-refractivity contribution in [3.05, 3.63) is 34.9 Å². The van der Waals surface area contributed by atoms with E-state index in [-0.39, 0.29) is 17.9 Å². The molecule has 2 atom stereocenters. The first-order valence-corrected chi connectivity index (χ1v) is 9.60. The van der Waals surface area contributed by atoms with Gasteiger partial charge in [-0.2, -0.15) is 0 Å². The molecule has 1 amide bonds. The van der Waals surface area contributed by atoms with Crippen molar-refractivity contribution in [1.29, 1.82) is 0 Å². The highest BCUT2D eigenvalue weighted by Crippen LogP contribution is 2.41. The van der Waals surface area contributed by atoms with E-state index in [1.54, 1.807) is 0 Å². The molecule has 0 saturated carbocycles. The molecule has 138 valence electrons. The van der Waals surface area contributed by atoms with E-state index < -0.39 is 0 Å². The van der Waals surface area contributed by atoms with Crippen molar-refractivity contribution in [2.24, 2.45) is 5.41 Å². The van der Waals surface area contributed by atoms with Gasteiger partial charge in [-0.25, -0.2) is 0 Å². The number of piperidine rings is 2. The third-order valence-electron chi connectivity index (χ3n) is 6.47. The molecule has 4 nitrogen and oxygen atoms in total. The van der Waals surface area contributed by atoms with E-state index in [4.69, 9.17) is 0 Å². The van der Waals surface area contributed by atoms with Crippen LogP contribution in [-0.4, -0.2) is 60.1 Å². The van der Waals surface area contributed by atoms with Gasteiger partial charge in [-0.05, 0) is 64.3 Å². The molecule has 2 saturated heterocycles. The predicted octanol–water partition coefficient (Wildman–Crippen LogP) is 2.54. The van der Waals surface area contributed by atoms with Crippen molar-refractivity contribution in [2.75, 3.05) is 33.3 Å². The topological polar surface area (TPSA) is 43.8 Å². The Kier molecular flexibility index (Phi) is 5.49. The minimum absolute atomic E-state index is 0.00265. The van der Waals surface area contributed by atoms with Crippen molar-refractivity contribution >= 4 is 5.91 Å². The number of hydrogen-bond acceptors (Lipinski definition) is 3. The molecule has 2 fully saturated rings. The van der Waals surface area contributed by atoms with E-state index in [2.05, 4.69) is 44.0 Å². The summed E-state index contributed by atoms with van der Waals surface area (Å²) < 4.78 is 0. The summed E-state index contributed by atoms with van der Waals surface area (Å²) in [5, 5.41) is 9.99. The highest BCUT2D eigenvalue weighted by molar-refractivity contribution is 5.76. The Morgan fingerprint density at radius 2 is 2.08 bits per heavy atom. The normalized spacial score (nSPS) is 27.2. The molecule has 0 spiro atoms. The number of rotatable bonds is 4. The molecule has 2 aliphatic rings. The number of fused-ring (bicyclic) bond motifs is 1. The predicted molar refractivity (Wildman–Crippen MR) is 101 cm³/mol. The minimum Gasteiger partial charge on any atom is -0.396 e. The molecule has 1 aromatic rings. The van der Waals surface area contributed by atoms with Gasteiger partial charge in [-0.1, -0.05) is 23.8 Å². The largest absolute Gasteiger partial charge is 0.396 e. The fourth-order valence-corrected chi connectivity index (χ4v) is 4.77. The van der Waals surface area contributed by atoms with E-state index in [9.17, 15) is 9.90 Å². The monoisotopic (exact) mass is 344 g/mol. The smallest absolute Gasteiger partial charge is 0.222 e. The van der Waals surface area contributed by atoms with E-state index in [1.165, 1.54) is 16.7 Å². The van der Waals surface area contributed by atoms with Crippen LogP contribution in [-0.2, 0) is 11.2 Å². The third kappa shape index (κ3) is 3.75. The maximum absolute atomic E-state index is 12.8. The first-order valence-electron chi connectivity index (χ1n) is 9.60. The maximum atomic E-state index is 12.8. The van der Waals surface area contributed by atoms with E-state index in [0.29, 0.717) is 12.5 Å². The number of carbonyl (C=O) groups excluding carboxylic acids is 1. The number of likely N-dealkylation sites (tertiary alicyclic amines) is 2. The Labute approximate surface area is 151 Å². The summed E-state index contributed by atoms with van der Waals surface area (Å²) in [6, 6.07) is 6.76. The van der Waals surface area contributed by atoms with Gasteiger partial charge in [0.1, 0.15) is 0 Å². The van der Waals surface area contributed by atoms with Crippen LogP contribution in [0.5, 0.6) is 0 Å². The van der Waals surface area contributed by atoms with E-state index >= 15 is 0 Å². The van der Waals surface area contributed by atoms with Crippen molar-refractivity contribution in [1.82, 2.24) is 9.80 Å². The summed E-state index contributed by atoms with van der Waals surface area (Å²) >= 11 is 0. The maximum Gasteiger partial charge on any atom is 0.222 e. The molecule has 0 radical (unpaired) electrons. The number of nitrogens with zero attached hydrogens (tertiary/aromatic N) is 2. The average Bonchev–Trinajstić information content (AvgIpc) is 2.60. The summed E-state index contributed by atoms with van der Waals surface area (Å²) in [4.78, 5) is 17.2. The Bertz CT molecular complexity index is 630. The molecular formula is C21H32N2O2. The van der Waals surface area contributed by atoms with Crippen molar-refractivity contribution in [3.63, 3.8) is 0 Å². The van der Waals surface area contributed by atoms with Crippen molar-refractivity contribution in [2.45, 2.75) is 52.0 Å². The molecule has 1 N–H and O–H groups in total. The van der Waals surface area contributed by atoms with Crippen molar-refractivity contribution in [3.8, 4) is 0 Å². The SMILES string of the molecule is Cc1ccc(CCC(=O)N2CC[C@@]3(CO)CCCN(C)[C@@H]3C2)c(C)c1. The van der Waals surface area contributed by atoms with E-state index in [0.717, 1.165) is 45.3 Å². The lowest BCUT2D eigenvalue weighted by atomic mass is 9.69. The van der Waals surface area contributed by atoms with Gasteiger partial charge >= 0.3 is 0 Å². The lowest BCUT2D eigenvalue weighted by Crippen LogP contribution is -2.62. The molecular weight excluding hydrogens is 312 g/mol. The van der Waals surface area contributed by atoms with Gasteiger partial charge in [-0.3, -0.25) is 4.79 Å². The summed E-state index contributed by atoms with van der Waals surface area (Å²) in [7, 11) is 2.14. The van der Waals surface area contributed by atoms with Crippen LogP contribution >= 0.6 is 0 Å². The van der Waals surface area contributed by atoms with Crippen LogP contribution in [0.25, 0.3) is 0 Å². The molecule has 0 aliphatic carbocycles. The van der Waals surface area contributed by atoms with Gasteiger partial charge in [0.15, 0.2) is 0 Å². The molecule has 0 unspecified atom stereocenters. The zero-order valence-corrected chi connectivity index (χ0v) is 15.9. The van der Waals surface area contributed by atoms with Gasteiger partial charge < -0.3 is 14.9 Å². The Morgan fingerprint density at radius 1 is 1.28 bits per heavy atom. The first-order chi connectivity index (χ1) is 11.9. The number of aliphatic hydroxyl groups is 1. The molecule has 1 aromatic carbocycles. The van der Waals surface area contributed by atoms with Crippen LogP contribution in [0.1, 0.15) is 42.4 Å². The number of aryl methyl sites for hydroxylation is 3. The minimum atomic E-state index is -0.00265. The zero-order valence-electron chi connectivity index (χ0n) is 15.9. The summed E-state index contributed by atoms with van der Waals surface area (Å²) in [5.74, 6) is 0.255. The summed E-state index contributed by atoms with van der Waals surface area (Å²) in [5.41, 5.74) is 3.81. The molecule has 3 rings (SSSR count). The first kappa shape index (κ1) is 18.4. The van der Waals surface area contributed by atoms with Crippen LogP contribution in [0.2, 0.25) is 0 Å². The number of amides is 1. The van der Waals surface area contributed by atoms with Gasteiger partial charge in [0.05, 0.1) is 6.61 Å². The second-order valence-electron chi connectivity index (χ2n) is 8.14. The quantitative estimate of drug-likeness (QED) is 0.913. The number of benzene rings is 1. The Balaban J connectivity index is 1.61. The highest BCUT2D eigenvalue weighted by Gasteiger charge is 2.47. The third-order valence-corrected chi connectivity index (χ3v) is 6.47. The summed E-state index contributed by atoms with van der Waals surface area (Å²) in [6.07, 6.45) is 4.55. The Morgan fingerprint density at radius 3 is 2.80 bits per heavy atom. The van der Waals surface area contributed by atoms with Crippen LogP contribution in [0, 0.1) is 19.3 Å². The molecule has 2 aliphatic heterocycles. The van der Waals surface area contributed by atoms with Crippen LogP contribution in [0.15, 0.2) is 18.2 Å². The standard InChI is InChI=1S/C21H32N2O2/c1-16-5-6-18(17(2)13-16)7-8-20(25)23-12-10-21(15-24)9-4-11-22(3)19(21)14-23/h5-6,13,19,24H,4,7-12,14-15H2,1-3H3/t19-,21-/m1/s1. The molecule has 0 bridgehead atoms. The molecule has 25 heavy (non-hydrogen) atoms. The fraction of sp³-hybridized carbons (Fsp3) is 0.667. The number of carbonyl (C=O) groups is 1. The fourth-order valence-electron chi connectivity index (χ4n) is 4.77.